The Morgan fingerprint density at radius 2 is 2.00 bits per heavy atom. The standard InChI is InChI=1S/C11H14ClNO2/c1-11(13-2,10(14)15)7-8-3-5-9(12)6-4-8/h3-6,13H,7H2,1-2H3,(H,14,15). The zero-order chi connectivity index (χ0) is 11.5. The molecule has 4 heteroatoms. The summed E-state index contributed by atoms with van der Waals surface area (Å²) in [5.41, 5.74) is 0.00652. The van der Waals surface area contributed by atoms with Crippen LogP contribution in [-0.4, -0.2) is 23.7 Å². The average molecular weight is 228 g/mol. The van der Waals surface area contributed by atoms with E-state index in [1.54, 1.807) is 26.1 Å². The highest BCUT2D eigenvalue weighted by molar-refractivity contribution is 6.30. The molecule has 0 aromatic heterocycles. The number of nitrogens with one attached hydrogen (secondary N) is 1. The molecule has 1 atom stereocenters. The van der Waals surface area contributed by atoms with Gasteiger partial charge in [0.25, 0.3) is 0 Å². The van der Waals surface area contributed by atoms with E-state index >= 15 is 0 Å². The Bertz CT molecular complexity index is 350. The number of rotatable bonds is 4. The first-order valence-electron chi connectivity index (χ1n) is 4.65. The summed E-state index contributed by atoms with van der Waals surface area (Å²) >= 11 is 5.75. The summed E-state index contributed by atoms with van der Waals surface area (Å²) < 4.78 is 0. The van der Waals surface area contributed by atoms with Gasteiger partial charge in [-0.25, -0.2) is 0 Å². The van der Waals surface area contributed by atoms with Gasteiger partial charge in [0, 0.05) is 11.4 Å². The van der Waals surface area contributed by atoms with Crippen molar-refractivity contribution in [2.45, 2.75) is 18.9 Å². The van der Waals surface area contributed by atoms with Gasteiger partial charge in [-0.05, 0) is 31.7 Å². The largest absolute Gasteiger partial charge is 0.480 e. The maximum Gasteiger partial charge on any atom is 0.323 e. The van der Waals surface area contributed by atoms with Gasteiger partial charge in [0.15, 0.2) is 0 Å². The number of halogens is 1. The molecule has 1 aromatic carbocycles. The van der Waals surface area contributed by atoms with Crippen molar-refractivity contribution < 1.29 is 9.90 Å². The second kappa shape index (κ2) is 4.64. The van der Waals surface area contributed by atoms with Crippen LogP contribution in [0.15, 0.2) is 24.3 Å². The summed E-state index contributed by atoms with van der Waals surface area (Å²) in [5, 5.41) is 12.5. The second-order valence-corrected chi connectivity index (χ2v) is 4.13. The molecule has 0 saturated carbocycles. The minimum Gasteiger partial charge on any atom is -0.480 e. The Labute approximate surface area is 94.1 Å². The highest BCUT2D eigenvalue weighted by atomic mass is 35.5. The van der Waals surface area contributed by atoms with Crippen LogP contribution >= 0.6 is 11.6 Å². The zero-order valence-electron chi connectivity index (χ0n) is 8.75. The number of likely N-dealkylation sites (N-methyl/N-ethyl adjacent to an activating group) is 1. The molecule has 0 bridgehead atoms. The lowest BCUT2D eigenvalue weighted by Gasteiger charge is -2.24. The van der Waals surface area contributed by atoms with Gasteiger partial charge in [0.2, 0.25) is 0 Å². The van der Waals surface area contributed by atoms with Crippen LogP contribution < -0.4 is 5.32 Å². The average Bonchev–Trinajstić information content (AvgIpc) is 2.21. The summed E-state index contributed by atoms with van der Waals surface area (Å²) in [7, 11) is 1.64. The number of benzene rings is 1. The normalized spacial score (nSPS) is 14.6. The fourth-order valence-corrected chi connectivity index (χ4v) is 1.41. The molecule has 0 saturated heterocycles. The Morgan fingerprint density at radius 3 is 2.40 bits per heavy atom. The Hall–Kier alpha value is -1.06. The molecule has 1 aromatic rings. The van der Waals surface area contributed by atoms with E-state index in [-0.39, 0.29) is 0 Å². The molecule has 15 heavy (non-hydrogen) atoms. The van der Waals surface area contributed by atoms with Gasteiger partial charge in [-0.15, -0.1) is 0 Å². The van der Waals surface area contributed by atoms with E-state index in [0.29, 0.717) is 11.4 Å². The number of hydrogen-bond donors (Lipinski definition) is 2. The molecule has 0 aliphatic carbocycles. The first-order valence-corrected chi connectivity index (χ1v) is 5.02. The Kier molecular flexibility index (Phi) is 3.72. The number of aliphatic carboxylic acids is 1. The number of hydrogen-bond acceptors (Lipinski definition) is 2. The van der Waals surface area contributed by atoms with Crippen molar-refractivity contribution in [1.82, 2.24) is 5.32 Å². The van der Waals surface area contributed by atoms with Crippen molar-refractivity contribution >= 4 is 17.6 Å². The maximum atomic E-state index is 11.0. The highest BCUT2D eigenvalue weighted by Gasteiger charge is 2.31. The van der Waals surface area contributed by atoms with Crippen LogP contribution in [0.5, 0.6) is 0 Å². The molecule has 0 aliphatic rings. The van der Waals surface area contributed by atoms with E-state index in [1.165, 1.54) is 0 Å². The minimum absolute atomic E-state index is 0.427. The van der Waals surface area contributed by atoms with Crippen LogP contribution in [0.1, 0.15) is 12.5 Å². The second-order valence-electron chi connectivity index (χ2n) is 3.69. The van der Waals surface area contributed by atoms with Crippen LogP contribution in [-0.2, 0) is 11.2 Å². The summed E-state index contributed by atoms with van der Waals surface area (Å²) in [6, 6.07) is 7.19. The SMILES string of the molecule is CNC(C)(Cc1ccc(Cl)cc1)C(=O)O. The molecule has 0 amide bonds. The van der Waals surface area contributed by atoms with E-state index in [2.05, 4.69) is 5.32 Å². The summed E-state index contributed by atoms with van der Waals surface area (Å²) in [6.07, 6.45) is 0.427. The van der Waals surface area contributed by atoms with Crippen molar-refractivity contribution in [3.63, 3.8) is 0 Å². The van der Waals surface area contributed by atoms with E-state index < -0.39 is 11.5 Å². The van der Waals surface area contributed by atoms with Crippen LogP contribution in [0.4, 0.5) is 0 Å². The Balaban J connectivity index is 2.84. The van der Waals surface area contributed by atoms with Crippen LogP contribution in [0.25, 0.3) is 0 Å². The molecular weight excluding hydrogens is 214 g/mol. The smallest absolute Gasteiger partial charge is 0.323 e. The lowest BCUT2D eigenvalue weighted by molar-refractivity contribution is -0.143. The van der Waals surface area contributed by atoms with Gasteiger partial charge in [0.1, 0.15) is 5.54 Å². The van der Waals surface area contributed by atoms with Crippen LogP contribution in [0, 0.1) is 0 Å². The van der Waals surface area contributed by atoms with Crippen molar-refractivity contribution in [2.24, 2.45) is 0 Å². The third kappa shape index (κ3) is 2.94. The fraction of sp³-hybridized carbons (Fsp3) is 0.364. The zero-order valence-corrected chi connectivity index (χ0v) is 9.51. The molecule has 0 spiro atoms. The quantitative estimate of drug-likeness (QED) is 0.827. The maximum absolute atomic E-state index is 11.0. The predicted molar refractivity (Wildman–Crippen MR) is 60.3 cm³/mol. The molecule has 0 heterocycles. The molecule has 82 valence electrons. The summed E-state index contributed by atoms with van der Waals surface area (Å²) in [6.45, 7) is 1.66. The van der Waals surface area contributed by atoms with Crippen LogP contribution in [0.2, 0.25) is 5.02 Å². The molecular formula is C11H14ClNO2. The number of carboxylic acids is 1. The predicted octanol–water partition coefficient (Wildman–Crippen LogP) is 1.95. The summed E-state index contributed by atoms with van der Waals surface area (Å²) in [5.74, 6) is -0.861. The number of carboxylic acid groups (broad SMARTS) is 1. The molecule has 1 unspecified atom stereocenters. The van der Waals surface area contributed by atoms with E-state index in [1.807, 2.05) is 12.1 Å². The third-order valence-corrected chi connectivity index (χ3v) is 2.75. The minimum atomic E-state index is -0.937. The molecule has 3 nitrogen and oxygen atoms in total. The van der Waals surface area contributed by atoms with Crippen LogP contribution in [0.3, 0.4) is 0 Å². The fourth-order valence-electron chi connectivity index (χ4n) is 1.28. The van der Waals surface area contributed by atoms with E-state index in [4.69, 9.17) is 16.7 Å². The Morgan fingerprint density at radius 1 is 1.47 bits per heavy atom. The molecule has 2 N–H and O–H groups in total. The van der Waals surface area contributed by atoms with Gasteiger partial charge in [-0.3, -0.25) is 4.79 Å². The van der Waals surface area contributed by atoms with Crippen molar-refractivity contribution in [3.8, 4) is 0 Å². The first-order chi connectivity index (χ1) is 6.98. The van der Waals surface area contributed by atoms with Crippen molar-refractivity contribution in [1.29, 1.82) is 0 Å². The third-order valence-electron chi connectivity index (χ3n) is 2.49. The van der Waals surface area contributed by atoms with Gasteiger partial charge < -0.3 is 10.4 Å². The summed E-state index contributed by atoms with van der Waals surface area (Å²) in [4.78, 5) is 11.0. The van der Waals surface area contributed by atoms with Crippen molar-refractivity contribution in [3.05, 3.63) is 34.9 Å². The van der Waals surface area contributed by atoms with Gasteiger partial charge >= 0.3 is 5.97 Å². The van der Waals surface area contributed by atoms with Gasteiger partial charge in [0.05, 0.1) is 0 Å². The van der Waals surface area contributed by atoms with E-state index in [0.717, 1.165) is 5.56 Å². The first kappa shape index (κ1) is 12.0. The lowest BCUT2D eigenvalue weighted by atomic mass is 9.93. The molecule has 1 rings (SSSR count). The van der Waals surface area contributed by atoms with Crippen molar-refractivity contribution in [2.75, 3.05) is 7.05 Å². The molecule has 0 fully saturated rings. The highest BCUT2D eigenvalue weighted by Crippen LogP contribution is 2.16. The van der Waals surface area contributed by atoms with Gasteiger partial charge in [-0.2, -0.15) is 0 Å². The monoisotopic (exact) mass is 227 g/mol. The molecule has 0 aliphatic heterocycles. The van der Waals surface area contributed by atoms with Gasteiger partial charge in [-0.1, -0.05) is 23.7 Å². The molecule has 0 radical (unpaired) electrons. The van der Waals surface area contributed by atoms with E-state index in [9.17, 15) is 4.79 Å². The lowest BCUT2D eigenvalue weighted by Crippen LogP contribution is -2.49. The topological polar surface area (TPSA) is 49.3 Å². The number of carbonyl (C=O) groups is 1.